The summed E-state index contributed by atoms with van der Waals surface area (Å²) in [5, 5.41) is 16.0. The fraction of sp³-hybridized carbons (Fsp3) is 0.125. The van der Waals surface area contributed by atoms with Gasteiger partial charge in [-0.25, -0.2) is 35.9 Å². The third kappa shape index (κ3) is 4.26. The van der Waals surface area contributed by atoms with Crippen LogP contribution < -0.4 is 4.74 Å². The summed E-state index contributed by atoms with van der Waals surface area (Å²) in [6.45, 7) is -0.301. The van der Waals surface area contributed by atoms with Gasteiger partial charge >= 0.3 is 0 Å². The van der Waals surface area contributed by atoms with Gasteiger partial charge < -0.3 is 14.8 Å². The van der Waals surface area contributed by atoms with Crippen LogP contribution in [0.2, 0.25) is 0 Å². The zero-order chi connectivity index (χ0) is 27.2. The van der Waals surface area contributed by atoms with E-state index in [-0.39, 0.29) is 29.0 Å². The third-order valence-electron chi connectivity index (χ3n) is 5.80. The summed E-state index contributed by atoms with van der Waals surface area (Å²) in [5.41, 5.74) is -1.34. The highest BCUT2D eigenvalue weighted by Crippen LogP contribution is 2.36. The van der Waals surface area contributed by atoms with Crippen LogP contribution in [-0.4, -0.2) is 45.8 Å². The highest BCUT2D eigenvalue weighted by atomic mass is 32.2. The van der Waals surface area contributed by atoms with Gasteiger partial charge in [0.1, 0.15) is 33.6 Å². The van der Waals surface area contributed by atoms with E-state index < -0.39 is 66.3 Å². The van der Waals surface area contributed by atoms with Gasteiger partial charge in [-0.1, -0.05) is 12.1 Å². The first-order valence-electron chi connectivity index (χ1n) is 10.9. The van der Waals surface area contributed by atoms with Crippen LogP contribution in [-0.2, 0) is 22.2 Å². The summed E-state index contributed by atoms with van der Waals surface area (Å²) in [4.78, 5) is 9.86. The van der Waals surface area contributed by atoms with Crippen molar-refractivity contribution in [2.75, 3.05) is 7.11 Å². The zero-order valence-electron chi connectivity index (χ0n) is 19.4. The monoisotopic (exact) mass is 547 g/mol. The Balaban J connectivity index is 1.58. The number of nitrogens with one attached hydrogen (secondary N) is 2. The normalized spacial score (nSPS) is 11.8. The van der Waals surface area contributed by atoms with Crippen molar-refractivity contribution in [3.8, 4) is 28.5 Å². The number of hydrogen-bond donors (Lipinski definition) is 3. The van der Waals surface area contributed by atoms with Crippen LogP contribution in [0.5, 0.6) is 5.88 Å². The Morgan fingerprint density at radius 3 is 2.53 bits per heavy atom. The molecule has 5 rings (SSSR count). The number of aliphatic hydroxyl groups is 1. The fourth-order valence-electron chi connectivity index (χ4n) is 4.01. The SMILES string of the molecule is COc1ncc(F)cc1S(=O)(=O)Cc1ccc(F)c(-c2ccc3c(-c4ncc(CO)[nH]4)[nH]nc3c2F)c1F. The molecule has 0 unspecified atom stereocenters. The average molecular weight is 547 g/mol. The number of nitrogens with zero attached hydrogens (tertiary/aromatic N) is 3. The van der Waals surface area contributed by atoms with E-state index in [9.17, 15) is 22.3 Å². The molecule has 14 heteroatoms. The molecule has 0 aliphatic rings. The van der Waals surface area contributed by atoms with E-state index in [1.165, 1.54) is 12.3 Å². The molecule has 0 spiro atoms. The van der Waals surface area contributed by atoms with Crippen LogP contribution in [0.25, 0.3) is 33.5 Å². The second kappa shape index (κ2) is 9.54. The number of H-pyrrole nitrogens is 2. The minimum absolute atomic E-state index is 0.244. The minimum atomic E-state index is -4.41. The molecular weight excluding hydrogens is 530 g/mol. The molecule has 0 saturated heterocycles. The molecule has 0 fully saturated rings. The molecule has 5 aromatic rings. The van der Waals surface area contributed by atoms with Gasteiger partial charge in [0.25, 0.3) is 0 Å². The number of rotatable bonds is 7. The van der Waals surface area contributed by atoms with Crippen molar-refractivity contribution in [2.24, 2.45) is 0 Å². The number of imidazole rings is 1. The van der Waals surface area contributed by atoms with Crippen molar-refractivity contribution in [1.29, 1.82) is 0 Å². The second-order valence-electron chi connectivity index (χ2n) is 8.15. The smallest absolute Gasteiger partial charge is 0.232 e. The molecule has 38 heavy (non-hydrogen) atoms. The molecule has 0 bridgehead atoms. The lowest BCUT2D eigenvalue weighted by Crippen LogP contribution is -2.10. The first-order valence-corrected chi connectivity index (χ1v) is 12.5. The number of aromatic nitrogens is 5. The number of ether oxygens (including phenoxy) is 1. The number of halogens is 4. The summed E-state index contributed by atoms with van der Waals surface area (Å²) >= 11 is 0. The average Bonchev–Trinajstić information content (AvgIpc) is 3.54. The summed E-state index contributed by atoms with van der Waals surface area (Å²) in [6.07, 6.45) is 2.14. The second-order valence-corrected chi connectivity index (χ2v) is 10.1. The number of hydrogen-bond acceptors (Lipinski definition) is 7. The van der Waals surface area contributed by atoms with Gasteiger partial charge in [0, 0.05) is 16.5 Å². The lowest BCUT2D eigenvalue weighted by Gasteiger charge is -2.13. The van der Waals surface area contributed by atoms with Crippen molar-refractivity contribution in [3.63, 3.8) is 0 Å². The molecule has 0 saturated carbocycles. The van der Waals surface area contributed by atoms with Gasteiger partial charge in [-0.15, -0.1) is 0 Å². The molecule has 0 amide bonds. The van der Waals surface area contributed by atoms with E-state index in [0.717, 1.165) is 31.5 Å². The Bertz CT molecular complexity index is 1800. The van der Waals surface area contributed by atoms with Crippen LogP contribution in [0.3, 0.4) is 0 Å². The predicted octanol–water partition coefficient (Wildman–Crippen LogP) is 4.05. The Labute approximate surface area is 212 Å². The van der Waals surface area contributed by atoms with E-state index in [2.05, 4.69) is 25.1 Å². The lowest BCUT2D eigenvalue weighted by molar-refractivity contribution is 0.277. The number of fused-ring (bicyclic) bond motifs is 1. The van der Waals surface area contributed by atoms with Crippen LogP contribution in [0.4, 0.5) is 17.6 Å². The molecule has 0 aliphatic carbocycles. The molecule has 3 heterocycles. The number of aromatic amines is 2. The van der Waals surface area contributed by atoms with Crippen LogP contribution in [0, 0.1) is 23.3 Å². The van der Waals surface area contributed by atoms with Crippen LogP contribution in [0.15, 0.2) is 47.6 Å². The van der Waals surface area contributed by atoms with Crippen LogP contribution >= 0.6 is 0 Å². The highest BCUT2D eigenvalue weighted by Gasteiger charge is 2.27. The summed E-state index contributed by atoms with van der Waals surface area (Å²) in [7, 11) is -3.28. The molecule has 0 atom stereocenters. The third-order valence-corrected chi connectivity index (χ3v) is 7.45. The largest absolute Gasteiger partial charge is 0.480 e. The Hall–Kier alpha value is -4.30. The van der Waals surface area contributed by atoms with E-state index in [1.54, 1.807) is 0 Å². The molecule has 2 aromatic carbocycles. The van der Waals surface area contributed by atoms with Crippen molar-refractivity contribution in [1.82, 2.24) is 25.1 Å². The van der Waals surface area contributed by atoms with E-state index in [1.807, 2.05) is 0 Å². The molecule has 0 aliphatic heterocycles. The first kappa shape index (κ1) is 25.4. The van der Waals surface area contributed by atoms with Gasteiger partial charge in [0.15, 0.2) is 21.5 Å². The maximum Gasteiger partial charge on any atom is 0.232 e. The number of aliphatic hydroxyl groups excluding tert-OH is 1. The van der Waals surface area contributed by atoms with Crippen molar-refractivity contribution < 1.29 is 35.8 Å². The molecule has 3 N–H and O–H groups in total. The van der Waals surface area contributed by atoms with Gasteiger partial charge in [-0.05, 0) is 18.2 Å². The molecule has 0 radical (unpaired) electrons. The maximum absolute atomic E-state index is 15.6. The summed E-state index contributed by atoms with van der Waals surface area (Å²) in [6, 6.07) is 4.90. The van der Waals surface area contributed by atoms with E-state index >= 15 is 8.78 Å². The van der Waals surface area contributed by atoms with Gasteiger partial charge in [0.05, 0.1) is 43.1 Å². The standard InChI is InChI=1S/C24H17F4N5O4S/c1-37-24-17(6-12(25)7-30-24)38(35,36)10-11-2-5-16(26)18(19(11)27)14-3-4-15-21(20(14)28)32-33-22(15)23-29-8-13(9-34)31-23/h2-8,34H,9-10H2,1H3,(H,29,31)(H,32,33). The first-order chi connectivity index (χ1) is 18.1. The number of sulfone groups is 1. The maximum atomic E-state index is 15.6. The number of methoxy groups -OCH3 is 1. The van der Waals surface area contributed by atoms with Gasteiger partial charge in [-0.3, -0.25) is 5.10 Å². The van der Waals surface area contributed by atoms with Crippen molar-refractivity contribution in [2.45, 2.75) is 17.3 Å². The molecule has 3 aromatic heterocycles. The topological polar surface area (TPSA) is 134 Å². The van der Waals surface area contributed by atoms with Crippen LogP contribution in [0.1, 0.15) is 11.3 Å². The zero-order valence-corrected chi connectivity index (χ0v) is 20.2. The Morgan fingerprint density at radius 1 is 1.03 bits per heavy atom. The van der Waals surface area contributed by atoms with Crippen molar-refractivity contribution >= 4 is 20.7 Å². The quantitative estimate of drug-likeness (QED) is 0.262. The molecule has 9 nitrogen and oxygen atoms in total. The van der Waals surface area contributed by atoms with Gasteiger partial charge in [0.2, 0.25) is 5.88 Å². The van der Waals surface area contributed by atoms with E-state index in [0.29, 0.717) is 11.8 Å². The molecule has 196 valence electrons. The molecular formula is C24H17F4N5O4S. The Morgan fingerprint density at radius 2 is 1.82 bits per heavy atom. The lowest BCUT2D eigenvalue weighted by atomic mass is 9.99. The van der Waals surface area contributed by atoms with Gasteiger partial charge in [-0.2, -0.15) is 5.10 Å². The highest BCUT2D eigenvalue weighted by molar-refractivity contribution is 7.90. The number of pyridine rings is 1. The van der Waals surface area contributed by atoms with Crippen molar-refractivity contribution in [3.05, 3.63) is 77.3 Å². The fourth-order valence-corrected chi connectivity index (χ4v) is 5.49. The number of benzene rings is 2. The van der Waals surface area contributed by atoms with E-state index in [4.69, 9.17) is 4.74 Å². The summed E-state index contributed by atoms with van der Waals surface area (Å²) < 4.78 is 90.4. The Kier molecular flexibility index (Phi) is 6.36. The summed E-state index contributed by atoms with van der Waals surface area (Å²) in [5.74, 6) is -5.62. The minimum Gasteiger partial charge on any atom is -0.480 e. The predicted molar refractivity (Wildman–Crippen MR) is 127 cm³/mol.